The van der Waals surface area contributed by atoms with Crippen LogP contribution in [0.3, 0.4) is 0 Å². The van der Waals surface area contributed by atoms with Crippen LogP contribution in [-0.2, 0) is 19.1 Å². The molecule has 0 rings (SSSR count). The van der Waals surface area contributed by atoms with E-state index in [0.717, 1.165) is 0 Å². The van der Waals surface area contributed by atoms with Crippen molar-refractivity contribution < 1.29 is 19.1 Å². The van der Waals surface area contributed by atoms with Gasteiger partial charge in [-0.15, -0.1) is 23.4 Å². The van der Waals surface area contributed by atoms with Gasteiger partial charge in [-0.05, 0) is 27.2 Å². The molecule has 0 saturated carbocycles. The molecule has 4 nitrogen and oxygen atoms in total. The van der Waals surface area contributed by atoms with E-state index in [4.69, 9.17) is 21.1 Å². The van der Waals surface area contributed by atoms with Crippen LogP contribution in [0.1, 0.15) is 33.6 Å². The number of alkyl halides is 1. The molecule has 0 aromatic carbocycles. The predicted molar refractivity (Wildman–Crippen MR) is 78.2 cm³/mol. The molecule has 0 bridgehead atoms. The molecule has 0 saturated heterocycles. The second-order valence-corrected chi connectivity index (χ2v) is 4.27. The Morgan fingerprint density at radius 2 is 1.70 bits per heavy atom. The first kappa shape index (κ1) is 18.5. The summed E-state index contributed by atoms with van der Waals surface area (Å²) in [5, 5.41) is 0. The smallest absolute Gasteiger partial charge is 0.324 e. The number of rotatable bonds is 8. The SMILES string of the molecule is CC#CCC(C/C=C/CCl)(C(=O)OCC)C(=O)OCC. The molecule has 0 aliphatic rings. The number of esters is 2. The first-order valence-corrected chi connectivity index (χ1v) is 7.07. The zero-order valence-electron chi connectivity index (χ0n) is 12.2. The molecule has 0 fully saturated rings. The molecular formula is C15H21ClO4. The molecule has 0 amide bonds. The maximum absolute atomic E-state index is 12.2. The highest BCUT2D eigenvalue weighted by Crippen LogP contribution is 2.31. The lowest BCUT2D eigenvalue weighted by Gasteiger charge is -2.26. The fraction of sp³-hybridized carbons (Fsp3) is 0.600. The predicted octanol–water partition coefficient (Wildman–Crippen LogP) is 2.70. The van der Waals surface area contributed by atoms with Gasteiger partial charge in [0.25, 0.3) is 0 Å². The van der Waals surface area contributed by atoms with E-state index in [9.17, 15) is 9.59 Å². The van der Waals surface area contributed by atoms with E-state index in [2.05, 4.69) is 11.8 Å². The summed E-state index contributed by atoms with van der Waals surface area (Å²) in [7, 11) is 0. The van der Waals surface area contributed by atoms with E-state index in [0.29, 0.717) is 5.88 Å². The Morgan fingerprint density at radius 3 is 2.10 bits per heavy atom. The molecule has 0 aliphatic carbocycles. The zero-order valence-corrected chi connectivity index (χ0v) is 13.0. The molecule has 5 heteroatoms. The summed E-state index contributed by atoms with van der Waals surface area (Å²) in [5.74, 6) is 4.55. The maximum atomic E-state index is 12.2. The minimum atomic E-state index is -1.42. The zero-order chi connectivity index (χ0) is 15.4. The summed E-state index contributed by atoms with van der Waals surface area (Å²) < 4.78 is 10.1. The van der Waals surface area contributed by atoms with Gasteiger partial charge in [-0.25, -0.2) is 0 Å². The average molecular weight is 301 g/mol. The first-order chi connectivity index (χ1) is 9.58. The van der Waals surface area contributed by atoms with Crippen molar-refractivity contribution in [3.63, 3.8) is 0 Å². The first-order valence-electron chi connectivity index (χ1n) is 6.54. The summed E-state index contributed by atoms with van der Waals surface area (Å²) in [5.41, 5.74) is -1.42. The highest BCUT2D eigenvalue weighted by atomic mass is 35.5. The number of hydrogen-bond donors (Lipinski definition) is 0. The van der Waals surface area contributed by atoms with E-state index in [1.54, 1.807) is 32.9 Å². The van der Waals surface area contributed by atoms with Gasteiger partial charge in [0.05, 0.1) is 13.2 Å². The third kappa shape index (κ3) is 5.26. The van der Waals surface area contributed by atoms with Crippen molar-refractivity contribution in [2.24, 2.45) is 5.41 Å². The van der Waals surface area contributed by atoms with E-state index < -0.39 is 17.4 Å². The molecule has 0 unspecified atom stereocenters. The van der Waals surface area contributed by atoms with Crippen LogP contribution >= 0.6 is 11.6 Å². The fourth-order valence-electron chi connectivity index (χ4n) is 1.59. The topological polar surface area (TPSA) is 52.6 Å². The molecule has 0 aromatic heterocycles. The minimum absolute atomic E-state index is 0.0633. The van der Waals surface area contributed by atoms with Gasteiger partial charge in [0.2, 0.25) is 0 Å². The molecular weight excluding hydrogens is 280 g/mol. The number of ether oxygens (including phenoxy) is 2. The highest BCUT2D eigenvalue weighted by molar-refractivity contribution is 6.18. The average Bonchev–Trinajstić information content (AvgIpc) is 2.43. The van der Waals surface area contributed by atoms with Gasteiger partial charge in [0.15, 0.2) is 5.41 Å². The lowest BCUT2D eigenvalue weighted by molar-refractivity contribution is -0.171. The number of carbonyl (C=O) groups excluding carboxylic acids is 2. The summed E-state index contributed by atoms with van der Waals surface area (Å²) in [6, 6.07) is 0. The van der Waals surface area contributed by atoms with Crippen molar-refractivity contribution in [3.05, 3.63) is 12.2 Å². The number of allylic oxidation sites excluding steroid dienone is 2. The van der Waals surface area contributed by atoms with Crippen LogP contribution in [0.5, 0.6) is 0 Å². The molecule has 112 valence electrons. The highest BCUT2D eigenvalue weighted by Gasteiger charge is 2.47. The largest absolute Gasteiger partial charge is 0.465 e. The van der Waals surface area contributed by atoms with Gasteiger partial charge < -0.3 is 9.47 Å². The fourth-order valence-corrected chi connectivity index (χ4v) is 1.72. The van der Waals surface area contributed by atoms with Crippen molar-refractivity contribution >= 4 is 23.5 Å². The summed E-state index contributed by atoms with van der Waals surface area (Å²) >= 11 is 5.57. The lowest BCUT2D eigenvalue weighted by Crippen LogP contribution is -2.41. The van der Waals surface area contributed by atoms with E-state index >= 15 is 0 Å². The van der Waals surface area contributed by atoms with Crippen molar-refractivity contribution in [2.45, 2.75) is 33.6 Å². The van der Waals surface area contributed by atoms with Gasteiger partial charge >= 0.3 is 11.9 Å². The van der Waals surface area contributed by atoms with Gasteiger partial charge in [0, 0.05) is 12.3 Å². The lowest BCUT2D eigenvalue weighted by atomic mass is 9.81. The standard InChI is InChI=1S/C15H21ClO4/c1-4-7-10-15(11-8-9-12-16,13(17)19-5-2)14(18)20-6-3/h8-9H,5-6,10-12H2,1-3H3/b9-8+. The van der Waals surface area contributed by atoms with E-state index in [1.165, 1.54) is 0 Å². The summed E-state index contributed by atoms with van der Waals surface area (Å²) in [6.45, 7) is 5.41. The Balaban J connectivity index is 5.46. The Bertz CT molecular complexity index is 386. The van der Waals surface area contributed by atoms with Crippen molar-refractivity contribution in [1.82, 2.24) is 0 Å². The normalized spacial score (nSPS) is 10.8. The minimum Gasteiger partial charge on any atom is -0.465 e. The van der Waals surface area contributed by atoms with Crippen molar-refractivity contribution in [2.75, 3.05) is 19.1 Å². The molecule has 0 spiro atoms. The molecule has 0 heterocycles. The maximum Gasteiger partial charge on any atom is 0.324 e. The van der Waals surface area contributed by atoms with Gasteiger partial charge in [-0.1, -0.05) is 12.2 Å². The third-order valence-electron chi connectivity index (χ3n) is 2.62. The molecule has 0 radical (unpaired) electrons. The number of halogens is 1. The monoisotopic (exact) mass is 300 g/mol. The molecule has 20 heavy (non-hydrogen) atoms. The Morgan fingerprint density at radius 1 is 1.15 bits per heavy atom. The van der Waals surface area contributed by atoms with Crippen molar-refractivity contribution in [3.8, 4) is 11.8 Å². The van der Waals surface area contributed by atoms with Crippen LogP contribution in [0.15, 0.2) is 12.2 Å². The second kappa shape index (κ2) is 10.3. The van der Waals surface area contributed by atoms with Crippen LogP contribution in [0.25, 0.3) is 0 Å². The Labute approximate surface area is 125 Å². The number of carbonyl (C=O) groups is 2. The van der Waals surface area contributed by atoms with Crippen LogP contribution in [-0.4, -0.2) is 31.0 Å². The van der Waals surface area contributed by atoms with Gasteiger partial charge in [-0.3, -0.25) is 9.59 Å². The molecule has 0 aliphatic heterocycles. The van der Waals surface area contributed by atoms with E-state index in [-0.39, 0.29) is 26.1 Å². The third-order valence-corrected chi connectivity index (χ3v) is 2.80. The van der Waals surface area contributed by atoms with Crippen LogP contribution in [0.4, 0.5) is 0 Å². The van der Waals surface area contributed by atoms with Gasteiger partial charge in [-0.2, -0.15) is 0 Å². The van der Waals surface area contributed by atoms with Crippen molar-refractivity contribution in [1.29, 1.82) is 0 Å². The van der Waals surface area contributed by atoms with E-state index in [1.807, 2.05) is 0 Å². The van der Waals surface area contributed by atoms with Crippen LogP contribution in [0, 0.1) is 17.3 Å². The second-order valence-electron chi connectivity index (χ2n) is 3.96. The molecule has 0 aromatic rings. The quantitative estimate of drug-likeness (QED) is 0.227. The van der Waals surface area contributed by atoms with Gasteiger partial charge in [0.1, 0.15) is 0 Å². The summed E-state index contributed by atoms with van der Waals surface area (Å²) in [4.78, 5) is 24.4. The molecule has 0 atom stereocenters. The summed E-state index contributed by atoms with van der Waals surface area (Å²) in [6.07, 6.45) is 3.58. The molecule has 0 N–H and O–H groups in total. The Kier molecular flexibility index (Phi) is 9.57. The number of hydrogen-bond acceptors (Lipinski definition) is 4. The van der Waals surface area contributed by atoms with Crippen LogP contribution < -0.4 is 0 Å². The van der Waals surface area contributed by atoms with Crippen LogP contribution in [0.2, 0.25) is 0 Å². The Hall–Kier alpha value is -1.47.